The molecule has 2 aromatic heterocycles. The topological polar surface area (TPSA) is 171 Å². The number of amides is 1. The van der Waals surface area contributed by atoms with Crippen LogP contribution in [0.15, 0.2) is 85.2 Å². The summed E-state index contributed by atoms with van der Waals surface area (Å²) in [5, 5.41) is 18.9. The first-order valence-electron chi connectivity index (χ1n) is 17.6. The van der Waals surface area contributed by atoms with E-state index < -0.39 is 5.24 Å². The molecule has 0 radical (unpaired) electrons. The number of benzene rings is 2. The number of nitrogens with zero attached hydrogens (tertiary/aromatic N) is 6. The maximum Gasteiger partial charge on any atom is 0.247 e. The van der Waals surface area contributed by atoms with Gasteiger partial charge < -0.3 is 30.0 Å². The largest absolute Gasteiger partial charge is 0.353 e. The number of hydrogen-bond donors (Lipinski definition) is 2. The highest BCUT2D eigenvalue weighted by molar-refractivity contribution is 6.67. The molecule has 6 rings (SSSR count). The van der Waals surface area contributed by atoms with Gasteiger partial charge in [-0.15, -0.1) is 10.2 Å². The Morgan fingerprint density at radius 1 is 0.792 bits per heavy atom. The summed E-state index contributed by atoms with van der Waals surface area (Å²) in [6.07, 6.45) is 9.88. The molecule has 4 aromatic rings. The summed E-state index contributed by atoms with van der Waals surface area (Å²) in [5.41, 5.74) is 12.0. The Bertz CT molecular complexity index is 1730. The molecule has 1 amide bonds. The van der Waals surface area contributed by atoms with Crippen molar-refractivity contribution in [2.24, 2.45) is 5.73 Å². The van der Waals surface area contributed by atoms with E-state index in [9.17, 15) is 9.59 Å². The molecular weight excluding hydrogens is 700 g/mol. The van der Waals surface area contributed by atoms with Gasteiger partial charge in [-0.1, -0.05) is 47.9 Å². The van der Waals surface area contributed by atoms with E-state index >= 15 is 0 Å². The fourth-order valence-corrected chi connectivity index (χ4v) is 4.91. The van der Waals surface area contributed by atoms with Gasteiger partial charge in [-0.25, -0.2) is 9.36 Å². The van der Waals surface area contributed by atoms with Crippen molar-refractivity contribution in [3.63, 3.8) is 0 Å². The number of aromatic nitrogens is 6. The molecule has 0 aliphatic carbocycles. The van der Waals surface area contributed by atoms with E-state index in [1.807, 2.05) is 60.9 Å². The predicted octanol–water partition coefficient (Wildman–Crippen LogP) is 5.60. The maximum absolute atomic E-state index is 11.5. The summed E-state index contributed by atoms with van der Waals surface area (Å²) in [4.78, 5) is 21.3. The molecule has 0 spiro atoms. The lowest BCUT2D eigenvalue weighted by Crippen LogP contribution is -2.22. The second-order valence-electron chi connectivity index (χ2n) is 12.6. The monoisotopic (exact) mass is 748 g/mol. The minimum absolute atomic E-state index is 0.104. The van der Waals surface area contributed by atoms with Gasteiger partial charge >= 0.3 is 0 Å². The van der Waals surface area contributed by atoms with Crippen LogP contribution in [0.5, 0.6) is 0 Å². The highest BCUT2D eigenvalue weighted by atomic mass is 35.5. The van der Waals surface area contributed by atoms with Gasteiger partial charge in [0.1, 0.15) is 11.4 Å². The summed E-state index contributed by atoms with van der Waals surface area (Å²) in [5.74, 6) is -0.142. The Kier molecular flexibility index (Phi) is 17.0. The molecule has 284 valence electrons. The zero-order valence-corrected chi connectivity index (χ0v) is 31.2. The van der Waals surface area contributed by atoms with Crippen LogP contribution in [-0.2, 0) is 54.8 Å². The Labute approximate surface area is 315 Å². The minimum atomic E-state index is -0.463. The molecule has 0 saturated carbocycles. The SMILES string of the molecule is C=C(C)C(=O)Cl.C=C(C)C(=O)NCc1ccc(-n2cc(COC3CCCCO3)nn2)cc1.NCc1ccc(-n2cc(COC3CCCCO3)nn2)cc1. The standard InChI is InChI=1S/C19H24N4O3.C15H20N4O2.C4H5ClO/c1-14(2)19(24)20-11-15-6-8-17(9-7-15)23-12-16(21-22-23)13-26-18-5-3-4-10-25-18;16-9-12-4-6-14(7-5-12)19-10-13(17-18-19)11-21-15-3-1-2-8-20-15;1-3(2)4(5)6/h6-9,12,18H,1,3-5,10-11,13H2,2H3,(H,20,24);4-7,10,15H,1-3,8-9,11,16H2;1H2,2H3. The molecule has 2 aromatic carbocycles. The van der Waals surface area contributed by atoms with Crippen LogP contribution >= 0.6 is 11.6 Å². The zero-order chi connectivity index (χ0) is 38.0. The van der Waals surface area contributed by atoms with Crippen molar-refractivity contribution in [3.8, 4) is 11.4 Å². The molecule has 2 fully saturated rings. The summed E-state index contributed by atoms with van der Waals surface area (Å²) in [7, 11) is 0. The average molecular weight is 749 g/mol. The van der Waals surface area contributed by atoms with Gasteiger partial charge in [-0.05, 0) is 99.4 Å². The molecule has 2 aliphatic rings. The van der Waals surface area contributed by atoms with E-state index in [1.165, 1.54) is 0 Å². The van der Waals surface area contributed by atoms with Crippen LogP contribution in [0.2, 0.25) is 0 Å². The van der Waals surface area contributed by atoms with Gasteiger partial charge in [0.25, 0.3) is 0 Å². The number of nitrogens with two attached hydrogens (primary N) is 1. The Balaban J connectivity index is 0.000000209. The average Bonchev–Trinajstić information content (AvgIpc) is 3.87. The van der Waals surface area contributed by atoms with E-state index in [4.69, 9.17) is 36.3 Å². The van der Waals surface area contributed by atoms with Crippen LogP contribution < -0.4 is 11.1 Å². The van der Waals surface area contributed by atoms with Crippen molar-refractivity contribution in [1.29, 1.82) is 0 Å². The first-order chi connectivity index (χ1) is 25.6. The van der Waals surface area contributed by atoms with E-state index in [0.29, 0.717) is 37.4 Å². The zero-order valence-electron chi connectivity index (χ0n) is 30.4. The summed E-state index contributed by atoms with van der Waals surface area (Å²) < 4.78 is 25.9. The highest BCUT2D eigenvalue weighted by Crippen LogP contribution is 2.17. The van der Waals surface area contributed by atoms with Crippen LogP contribution in [0, 0.1) is 0 Å². The number of carbonyl (C=O) groups excluding carboxylic acids is 2. The molecule has 2 atom stereocenters. The smallest absolute Gasteiger partial charge is 0.247 e. The number of halogens is 1. The second-order valence-corrected chi connectivity index (χ2v) is 12.9. The number of ether oxygens (including phenoxy) is 4. The van der Waals surface area contributed by atoms with Gasteiger partial charge in [-0.2, -0.15) is 0 Å². The molecule has 0 bridgehead atoms. The minimum Gasteiger partial charge on any atom is -0.353 e. The van der Waals surface area contributed by atoms with Crippen molar-refractivity contribution in [1.82, 2.24) is 35.3 Å². The third-order valence-corrected chi connectivity index (χ3v) is 8.33. The lowest BCUT2D eigenvalue weighted by Gasteiger charge is -2.22. The Morgan fingerprint density at radius 3 is 1.62 bits per heavy atom. The van der Waals surface area contributed by atoms with Gasteiger partial charge in [0, 0.05) is 37.4 Å². The van der Waals surface area contributed by atoms with Crippen LogP contribution in [0.4, 0.5) is 0 Å². The molecule has 4 heterocycles. The fourth-order valence-electron chi connectivity index (χ4n) is 4.91. The van der Waals surface area contributed by atoms with Crippen molar-refractivity contribution < 1.29 is 28.5 Å². The van der Waals surface area contributed by atoms with Crippen molar-refractivity contribution >= 4 is 22.8 Å². The van der Waals surface area contributed by atoms with Gasteiger partial charge in [0.05, 0.1) is 37.0 Å². The quantitative estimate of drug-likeness (QED) is 0.129. The number of rotatable bonds is 13. The van der Waals surface area contributed by atoms with Crippen molar-refractivity contribution in [2.75, 3.05) is 13.2 Å². The highest BCUT2D eigenvalue weighted by Gasteiger charge is 2.16. The fraction of sp³-hybridized carbons (Fsp3) is 0.421. The molecule has 2 aliphatic heterocycles. The van der Waals surface area contributed by atoms with Crippen molar-refractivity contribution in [3.05, 3.63) is 108 Å². The Hall–Kier alpha value is -4.57. The van der Waals surface area contributed by atoms with Crippen molar-refractivity contribution in [2.45, 2.75) is 91.3 Å². The molecule has 2 saturated heterocycles. The number of carbonyl (C=O) groups is 2. The molecular formula is C38H49ClN8O6. The van der Waals surface area contributed by atoms with Gasteiger partial charge in [0.15, 0.2) is 12.6 Å². The van der Waals surface area contributed by atoms with E-state index in [-0.39, 0.29) is 18.5 Å². The number of nitrogens with one attached hydrogen (secondary N) is 1. The lowest BCUT2D eigenvalue weighted by atomic mass is 10.2. The first kappa shape index (κ1) is 41.2. The molecule has 14 nitrogen and oxygen atoms in total. The van der Waals surface area contributed by atoms with Gasteiger partial charge in [-0.3, -0.25) is 9.59 Å². The third kappa shape index (κ3) is 14.4. The number of allylic oxidation sites excluding steroid dienone is 1. The summed E-state index contributed by atoms with van der Waals surface area (Å²) in [6.45, 7) is 13.5. The molecule has 15 heteroatoms. The Morgan fingerprint density at radius 2 is 1.25 bits per heavy atom. The molecule has 3 N–H and O–H groups in total. The molecule has 53 heavy (non-hydrogen) atoms. The lowest BCUT2D eigenvalue weighted by molar-refractivity contribution is -0.169. The van der Waals surface area contributed by atoms with E-state index in [0.717, 1.165) is 85.6 Å². The summed E-state index contributed by atoms with van der Waals surface area (Å²) in [6, 6.07) is 15.7. The van der Waals surface area contributed by atoms with E-state index in [2.05, 4.69) is 39.1 Å². The van der Waals surface area contributed by atoms with Crippen LogP contribution in [0.3, 0.4) is 0 Å². The predicted molar refractivity (Wildman–Crippen MR) is 200 cm³/mol. The third-order valence-electron chi connectivity index (χ3n) is 8.01. The first-order valence-corrected chi connectivity index (χ1v) is 18.0. The number of hydrogen-bond acceptors (Lipinski definition) is 11. The van der Waals surface area contributed by atoms with E-state index in [1.54, 1.807) is 23.2 Å². The maximum atomic E-state index is 11.5. The van der Waals surface area contributed by atoms with Crippen LogP contribution in [0.1, 0.15) is 74.9 Å². The second kappa shape index (κ2) is 21.8. The molecule has 2 unspecified atom stereocenters. The van der Waals surface area contributed by atoms with Gasteiger partial charge in [0.2, 0.25) is 11.1 Å². The van der Waals surface area contributed by atoms with Crippen LogP contribution in [0.25, 0.3) is 11.4 Å². The van der Waals surface area contributed by atoms with Crippen LogP contribution in [-0.4, -0.2) is 66.9 Å². The normalized spacial score (nSPS) is 16.7. The summed E-state index contributed by atoms with van der Waals surface area (Å²) >= 11 is 4.87.